The molecule has 2 N–H and O–H groups in total. The molecule has 0 bridgehead atoms. The number of nitrogens with two attached hydrogens (primary N) is 1. The van der Waals surface area contributed by atoms with Gasteiger partial charge in [0.2, 0.25) is 10.0 Å². The van der Waals surface area contributed by atoms with Gasteiger partial charge in [-0.25, -0.2) is 17.2 Å². The Bertz CT molecular complexity index is 503. The summed E-state index contributed by atoms with van der Waals surface area (Å²) in [7, 11) is -2.80. The molecular formula is C10H14F2N2O2S. The largest absolute Gasteiger partial charge is 0.398 e. The molecule has 0 saturated heterocycles. The van der Waals surface area contributed by atoms with Crippen LogP contribution in [0.1, 0.15) is 5.56 Å². The zero-order valence-electron chi connectivity index (χ0n) is 9.52. The Morgan fingerprint density at radius 3 is 2.53 bits per heavy atom. The van der Waals surface area contributed by atoms with Crippen LogP contribution in [0, 0.1) is 6.92 Å². The molecule has 96 valence electrons. The molecule has 0 radical (unpaired) electrons. The van der Waals surface area contributed by atoms with Gasteiger partial charge in [0, 0.05) is 12.7 Å². The molecule has 0 fully saturated rings. The summed E-state index contributed by atoms with van der Waals surface area (Å²) in [5.41, 5.74) is 6.27. The van der Waals surface area contributed by atoms with E-state index in [9.17, 15) is 17.2 Å². The summed E-state index contributed by atoms with van der Waals surface area (Å²) >= 11 is 0. The number of hydrogen-bond donors (Lipinski definition) is 1. The van der Waals surface area contributed by atoms with Gasteiger partial charge in [0.15, 0.2) is 0 Å². The van der Waals surface area contributed by atoms with E-state index in [4.69, 9.17) is 5.73 Å². The van der Waals surface area contributed by atoms with E-state index in [1.807, 2.05) is 0 Å². The lowest BCUT2D eigenvalue weighted by Crippen LogP contribution is -2.31. The molecule has 4 nitrogen and oxygen atoms in total. The molecule has 1 aromatic carbocycles. The number of hydrogen-bond acceptors (Lipinski definition) is 3. The third kappa shape index (κ3) is 2.92. The molecule has 0 aliphatic rings. The molecule has 0 aromatic heterocycles. The maximum atomic E-state index is 12.2. The highest BCUT2D eigenvalue weighted by Gasteiger charge is 2.25. The Hall–Kier alpha value is -1.21. The summed E-state index contributed by atoms with van der Waals surface area (Å²) in [5, 5.41) is 0. The van der Waals surface area contributed by atoms with Crippen LogP contribution in [0.5, 0.6) is 0 Å². The van der Waals surface area contributed by atoms with Crippen molar-refractivity contribution in [2.24, 2.45) is 0 Å². The van der Waals surface area contributed by atoms with E-state index in [1.54, 1.807) is 13.0 Å². The Balaban J connectivity index is 3.18. The van der Waals surface area contributed by atoms with Crippen molar-refractivity contribution in [3.8, 4) is 0 Å². The monoisotopic (exact) mass is 264 g/mol. The number of nitrogens with zero attached hydrogens (tertiary/aromatic N) is 1. The lowest BCUT2D eigenvalue weighted by molar-refractivity contribution is 0.126. The molecule has 1 aromatic rings. The van der Waals surface area contributed by atoms with E-state index in [0.29, 0.717) is 15.6 Å². The minimum atomic E-state index is -3.91. The van der Waals surface area contributed by atoms with E-state index in [0.717, 1.165) is 7.05 Å². The number of rotatable bonds is 4. The first-order valence-electron chi connectivity index (χ1n) is 4.86. The van der Waals surface area contributed by atoms with Gasteiger partial charge in [-0.3, -0.25) is 0 Å². The van der Waals surface area contributed by atoms with Gasteiger partial charge in [0.25, 0.3) is 6.43 Å². The van der Waals surface area contributed by atoms with Crippen molar-refractivity contribution in [3.63, 3.8) is 0 Å². The molecule has 0 unspecified atom stereocenters. The summed E-state index contributed by atoms with van der Waals surface area (Å²) in [6.07, 6.45) is -2.71. The van der Waals surface area contributed by atoms with Crippen LogP contribution in [0.15, 0.2) is 23.1 Å². The summed E-state index contributed by atoms with van der Waals surface area (Å²) in [5.74, 6) is 0. The van der Waals surface area contributed by atoms with Crippen LogP contribution in [0.25, 0.3) is 0 Å². The van der Waals surface area contributed by atoms with Crippen LogP contribution >= 0.6 is 0 Å². The number of sulfonamides is 1. The third-order valence-electron chi connectivity index (χ3n) is 2.41. The fourth-order valence-corrected chi connectivity index (χ4v) is 2.77. The van der Waals surface area contributed by atoms with Gasteiger partial charge in [-0.15, -0.1) is 0 Å². The van der Waals surface area contributed by atoms with E-state index in [-0.39, 0.29) is 4.90 Å². The van der Waals surface area contributed by atoms with Crippen molar-refractivity contribution < 1.29 is 17.2 Å². The van der Waals surface area contributed by atoms with Crippen molar-refractivity contribution >= 4 is 15.7 Å². The highest BCUT2D eigenvalue weighted by Crippen LogP contribution is 2.23. The molecule has 0 spiro atoms. The van der Waals surface area contributed by atoms with Crippen LogP contribution in [-0.4, -0.2) is 32.7 Å². The van der Waals surface area contributed by atoms with Gasteiger partial charge in [0.1, 0.15) is 0 Å². The standard InChI is InChI=1S/C10H14F2N2O2S/c1-7-8(13)4-3-5-9(7)17(15,16)14(2)6-10(11)12/h3-5,10H,6,13H2,1-2H3. The van der Waals surface area contributed by atoms with Crippen LogP contribution < -0.4 is 5.73 Å². The van der Waals surface area contributed by atoms with E-state index >= 15 is 0 Å². The topological polar surface area (TPSA) is 63.4 Å². The molecule has 0 aliphatic carbocycles. The molecule has 0 atom stereocenters. The van der Waals surface area contributed by atoms with Crippen molar-refractivity contribution in [2.75, 3.05) is 19.3 Å². The fourth-order valence-electron chi connectivity index (χ4n) is 1.37. The summed E-state index contributed by atoms with van der Waals surface area (Å²) in [6, 6.07) is 4.38. The maximum Gasteiger partial charge on any atom is 0.252 e. The first-order valence-corrected chi connectivity index (χ1v) is 6.30. The molecular weight excluding hydrogens is 250 g/mol. The Morgan fingerprint density at radius 1 is 1.41 bits per heavy atom. The van der Waals surface area contributed by atoms with Crippen LogP contribution in [0.4, 0.5) is 14.5 Å². The fraction of sp³-hybridized carbons (Fsp3) is 0.400. The SMILES string of the molecule is Cc1c(N)cccc1S(=O)(=O)N(C)CC(F)F. The highest BCUT2D eigenvalue weighted by atomic mass is 32.2. The maximum absolute atomic E-state index is 12.2. The molecule has 0 saturated carbocycles. The first-order chi connectivity index (χ1) is 7.76. The van der Waals surface area contributed by atoms with E-state index in [1.165, 1.54) is 12.1 Å². The minimum Gasteiger partial charge on any atom is -0.398 e. The zero-order chi connectivity index (χ0) is 13.2. The number of alkyl halides is 2. The Morgan fingerprint density at radius 2 is 2.00 bits per heavy atom. The van der Waals surface area contributed by atoms with Crippen LogP contribution in [-0.2, 0) is 10.0 Å². The smallest absolute Gasteiger partial charge is 0.252 e. The number of halogens is 2. The zero-order valence-corrected chi connectivity index (χ0v) is 10.3. The summed E-state index contributed by atoms with van der Waals surface area (Å²) < 4.78 is 48.9. The van der Waals surface area contributed by atoms with Gasteiger partial charge in [-0.05, 0) is 24.6 Å². The van der Waals surface area contributed by atoms with Crippen molar-refractivity contribution in [1.29, 1.82) is 0 Å². The van der Waals surface area contributed by atoms with E-state index < -0.39 is 23.0 Å². The van der Waals surface area contributed by atoms with Crippen molar-refractivity contribution in [3.05, 3.63) is 23.8 Å². The van der Waals surface area contributed by atoms with Gasteiger partial charge in [-0.2, -0.15) is 4.31 Å². The lowest BCUT2D eigenvalue weighted by atomic mass is 10.2. The minimum absolute atomic E-state index is 0.0411. The Kier molecular flexibility index (Phi) is 4.05. The first kappa shape index (κ1) is 13.9. The molecule has 17 heavy (non-hydrogen) atoms. The average Bonchev–Trinajstić information content (AvgIpc) is 2.20. The van der Waals surface area contributed by atoms with Crippen molar-refractivity contribution in [1.82, 2.24) is 4.31 Å². The number of benzene rings is 1. The molecule has 7 heteroatoms. The van der Waals surface area contributed by atoms with Gasteiger partial charge < -0.3 is 5.73 Å². The second-order valence-corrected chi connectivity index (χ2v) is 5.66. The summed E-state index contributed by atoms with van der Waals surface area (Å²) in [4.78, 5) is -0.0411. The average molecular weight is 264 g/mol. The van der Waals surface area contributed by atoms with E-state index in [2.05, 4.69) is 0 Å². The molecule has 0 amide bonds. The van der Waals surface area contributed by atoms with Crippen molar-refractivity contribution in [2.45, 2.75) is 18.2 Å². The molecule has 0 heterocycles. The quantitative estimate of drug-likeness (QED) is 0.837. The second kappa shape index (κ2) is 4.97. The predicted octanol–water partition coefficient (Wildman–Crippen LogP) is 1.46. The third-order valence-corrected chi connectivity index (χ3v) is 4.38. The van der Waals surface area contributed by atoms with Crippen LogP contribution in [0.2, 0.25) is 0 Å². The highest BCUT2D eigenvalue weighted by molar-refractivity contribution is 7.89. The van der Waals surface area contributed by atoms with Gasteiger partial charge in [0.05, 0.1) is 11.4 Å². The molecule has 1 rings (SSSR count). The Labute approximate surface area is 99.1 Å². The number of nitrogen functional groups attached to an aromatic ring is 1. The molecule has 0 aliphatic heterocycles. The van der Waals surface area contributed by atoms with Gasteiger partial charge >= 0.3 is 0 Å². The number of anilines is 1. The van der Waals surface area contributed by atoms with Crippen LogP contribution in [0.3, 0.4) is 0 Å². The van der Waals surface area contributed by atoms with Gasteiger partial charge in [-0.1, -0.05) is 6.07 Å². The predicted molar refractivity (Wildman–Crippen MR) is 61.4 cm³/mol. The second-order valence-electron chi connectivity index (χ2n) is 3.65. The summed E-state index contributed by atoms with van der Waals surface area (Å²) in [6.45, 7) is 0.703. The normalized spacial score (nSPS) is 12.4. The lowest BCUT2D eigenvalue weighted by Gasteiger charge is -2.18.